The summed E-state index contributed by atoms with van der Waals surface area (Å²) in [6.45, 7) is 8.10. The van der Waals surface area contributed by atoms with Crippen LogP contribution < -0.4 is 5.32 Å². The quantitative estimate of drug-likeness (QED) is 0.452. The third-order valence-electron chi connectivity index (χ3n) is 7.08. The van der Waals surface area contributed by atoms with Crippen LogP contribution in [0.1, 0.15) is 38.5 Å². The first-order chi connectivity index (χ1) is 13.3. The van der Waals surface area contributed by atoms with Crippen molar-refractivity contribution in [2.24, 2.45) is 4.99 Å². The molecule has 1 unspecified atom stereocenters. The smallest absolute Gasteiger partial charge is 0.193 e. The summed E-state index contributed by atoms with van der Waals surface area (Å²) in [5, 5.41) is 3.82. The maximum absolute atomic E-state index is 4.67. The zero-order valence-corrected chi connectivity index (χ0v) is 17.9. The monoisotopic (exact) mass is 391 g/mol. The van der Waals surface area contributed by atoms with Crippen molar-refractivity contribution in [3.63, 3.8) is 0 Å². The fourth-order valence-corrected chi connectivity index (χ4v) is 6.36. The predicted molar refractivity (Wildman–Crippen MR) is 117 cm³/mol. The number of hydrogen-bond acceptors (Lipinski definition) is 4. The van der Waals surface area contributed by atoms with E-state index in [1.165, 1.54) is 63.1 Å². The topological polar surface area (TPSA) is 34.1 Å². The van der Waals surface area contributed by atoms with Crippen LogP contribution in [0.5, 0.6) is 0 Å². The Hall–Kier alpha value is -0.720. The highest BCUT2D eigenvalue weighted by Gasteiger charge is 2.39. The Bertz CT molecular complexity index is 529. The molecule has 4 rings (SSSR count). The molecule has 6 heteroatoms. The highest BCUT2D eigenvalue weighted by molar-refractivity contribution is 7.99. The first kappa shape index (κ1) is 19.6. The van der Waals surface area contributed by atoms with E-state index in [0.717, 1.165) is 38.7 Å². The summed E-state index contributed by atoms with van der Waals surface area (Å²) in [7, 11) is 1.96. The molecule has 27 heavy (non-hydrogen) atoms. The summed E-state index contributed by atoms with van der Waals surface area (Å²) in [6, 6.07) is 0.682. The third-order valence-corrected chi connectivity index (χ3v) is 8.02. The van der Waals surface area contributed by atoms with Crippen LogP contribution in [0, 0.1) is 0 Å². The molecule has 1 N–H and O–H groups in total. The molecule has 0 radical (unpaired) electrons. The summed E-state index contributed by atoms with van der Waals surface area (Å²) >= 11 is 2.12. The maximum Gasteiger partial charge on any atom is 0.193 e. The molecule has 3 heterocycles. The lowest BCUT2D eigenvalue weighted by molar-refractivity contribution is 0.0621. The van der Waals surface area contributed by atoms with Crippen LogP contribution in [0.25, 0.3) is 0 Å². The molecule has 1 saturated carbocycles. The van der Waals surface area contributed by atoms with E-state index in [4.69, 9.17) is 0 Å². The van der Waals surface area contributed by atoms with Gasteiger partial charge in [-0.2, -0.15) is 11.8 Å². The van der Waals surface area contributed by atoms with E-state index in [1.807, 2.05) is 7.05 Å². The molecule has 0 aromatic carbocycles. The molecule has 0 aromatic heterocycles. The average Bonchev–Trinajstić information content (AvgIpc) is 3.42. The second-order valence-electron chi connectivity index (χ2n) is 8.60. The van der Waals surface area contributed by atoms with E-state index < -0.39 is 0 Å². The maximum atomic E-state index is 4.67. The van der Waals surface area contributed by atoms with E-state index in [9.17, 15) is 0 Å². The molecule has 152 valence electrons. The van der Waals surface area contributed by atoms with Crippen LogP contribution in [0.3, 0.4) is 0 Å². The van der Waals surface area contributed by atoms with Gasteiger partial charge in [-0.05, 0) is 19.3 Å². The van der Waals surface area contributed by atoms with Gasteiger partial charge in [-0.15, -0.1) is 0 Å². The van der Waals surface area contributed by atoms with E-state index in [2.05, 4.69) is 48.9 Å². The zero-order chi connectivity index (χ0) is 18.5. The number of guanidine groups is 1. The van der Waals surface area contributed by atoms with Gasteiger partial charge in [0.2, 0.25) is 0 Å². The van der Waals surface area contributed by atoms with Crippen molar-refractivity contribution in [3.05, 3.63) is 12.2 Å². The van der Waals surface area contributed by atoms with Gasteiger partial charge in [-0.25, -0.2) is 0 Å². The van der Waals surface area contributed by atoms with Crippen molar-refractivity contribution in [1.29, 1.82) is 0 Å². The van der Waals surface area contributed by atoms with Gasteiger partial charge in [-0.1, -0.05) is 31.4 Å². The van der Waals surface area contributed by atoms with Gasteiger partial charge in [0.25, 0.3) is 0 Å². The zero-order valence-electron chi connectivity index (χ0n) is 17.0. The highest BCUT2D eigenvalue weighted by atomic mass is 32.2. The fourth-order valence-electron chi connectivity index (χ4n) is 5.45. The standard InChI is InChI=1S/C21H37N5S/c1-22-20(25-12-7-19(17-25)24-10-5-6-11-24)23-18-21(8-3-2-4-9-21)26-13-15-27-16-14-26/h5-6,19H,2-4,7-18H2,1H3,(H,22,23). The minimum absolute atomic E-state index is 0.354. The third kappa shape index (κ3) is 4.48. The van der Waals surface area contributed by atoms with Crippen LogP contribution in [0.2, 0.25) is 0 Å². The predicted octanol–water partition coefficient (Wildman–Crippen LogP) is 2.26. The molecule has 2 saturated heterocycles. The van der Waals surface area contributed by atoms with E-state index in [1.54, 1.807) is 0 Å². The summed E-state index contributed by atoms with van der Waals surface area (Å²) in [5.41, 5.74) is 0.354. The second-order valence-corrected chi connectivity index (χ2v) is 9.82. The Balaban J connectivity index is 1.36. The van der Waals surface area contributed by atoms with Crippen molar-refractivity contribution in [2.75, 3.05) is 64.4 Å². The van der Waals surface area contributed by atoms with Crippen LogP contribution in [0.4, 0.5) is 0 Å². The van der Waals surface area contributed by atoms with Crippen molar-refractivity contribution in [3.8, 4) is 0 Å². The lowest BCUT2D eigenvalue weighted by Gasteiger charge is -2.48. The molecule has 0 aromatic rings. The average molecular weight is 392 g/mol. The molecule has 4 aliphatic rings. The number of rotatable bonds is 4. The van der Waals surface area contributed by atoms with Gasteiger partial charge in [0.05, 0.1) is 0 Å². The van der Waals surface area contributed by atoms with Crippen LogP contribution in [0.15, 0.2) is 17.1 Å². The van der Waals surface area contributed by atoms with Gasteiger partial charge in [-0.3, -0.25) is 14.8 Å². The van der Waals surface area contributed by atoms with Crippen LogP contribution >= 0.6 is 11.8 Å². The Morgan fingerprint density at radius 2 is 1.85 bits per heavy atom. The molecular formula is C21H37N5S. The SMILES string of the molecule is CN=C(NCC1(N2CCSCC2)CCCCC1)N1CCC(N2CC=CC2)C1. The van der Waals surface area contributed by atoms with Gasteiger partial charge < -0.3 is 10.2 Å². The van der Waals surface area contributed by atoms with Crippen molar-refractivity contribution in [1.82, 2.24) is 20.0 Å². The summed E-state index contributed by atoms with van der Waals surface area (Å²) in [5.74, 6) is 3.73. The number of hydrogen-bond donors (Lipinski definition) is 1. The second kappa shape index (κ2) is 9.19. The molecule has 1 aliphatic carbocycles. The molecule has 1 atom stereocenters. The number of nitrogens with one attached hydrogen (secondary N) is 1. The van der Waals surface area contributed by atoms with Gasteiger partial charge in [0, 0.05) is 75.9 Å². The van der Waals surface area contributed by atoms with Crippen molar-refractivity contribution >= 4 is 17.7 Å². The molecular weight excluding hydrogens is 354 g/mol. The lowest BCUT2D eigenvalue weighted by atomic mass is 9.80. The molecule has 5 nitrogen and oxygen atoms in total. The number of nitrogens with zero attached hydrogens (tertiary/aromatic N) is 4. The summed E-state index contributed by atoms with van der Waals surface area (Å²) in [6.07, 6.45) is 12.8. The Morgan fingerprint density at radius 1 is 1.11 bits per heavy atom. The lowest BCUT2D eigenvalue weighted by Crippen LogP contribution is -2.60. The minimum Gasteiger partial charge on any atom is -0.354 e. The fraction of sp³-hybridized carbons (Fsp3) is 0.857. The Labute approximate surface area is 169 Å². The first-order valence-corrected chi connectivity index (χ1v) is 12.1. The van der Waals surface area contributed by atoms with Crippen molar-refractivity contribution < 1.29 is 0 Å². The van der Waals surface area contributed by atoms with Gasteiger partial charge in [0.1, 0.15) is 0 Å². The molecule has 3 aliphatic heterocycles. The Kier molecular flexibility index (Phi) is 6.66. The van der Waals surface area contributed by atoms with E-state index in [-0.39, 0.29) is 0 Å². The van der Waals surface area contributed by atoms with Gasteiger partial charge >= 0.3 is 0 Å². The molecule has 3 fully saturated rings. The van der Waals surface area contributed by atoms with Crippen LogP contribution in [-0.2, 0) is 0 Å². The van der Waals surface area contributed by atoms with Crippen LogP contribution in [-0.4, -0.2) is 96.6 Å². The molecule has 0 spiro atoms. The minimum atomic E-state index is 0.354. The highest BCUT2D eigenvalue weighted by Crippen LogP contribution is 2.35. The normalized spacial score (nSPS) is 30.2. The summed E-state index contributed by atoms with van der Waals surface area (Å²) in [4.78, 5) is 12.6. The largest absolute Gasteiger partial charge is 0.354 e. The van der Waals surface area contributed by atoms with E-state index in [0.29, 0.717) is 11.6 Å². The summed E-state index contributed by atoms with van der Waals surface area (Å²) < 4.78 is 0. The number of aliphatic imine (C=N–C) groups is 1. The first-order valence-electron chi connectivity index (χ1n) is 11.0. The van der Waals surface area contributed by atoms with Gasteiger partial charge in [0.15, 0.2) is 5.96 Å². The van der Waals surface area contributed by atoms with Crippen molar-refractivity contribution in [2.45, 2.75) is 50.1 Å². The number of thioether (sulfide) groups is 1. The molecule has 0 amide bonds. The number of likely N-dealkylation sites (tertiary alicyclic amines) is 1. The van der Waals surface area contributed by atoms with E-state index >= 15 is 0 Å². The molecule has 0 bridgehead atoms. The Morgan fingerprint density at radius 3 is 2.56 bits per heavy atom.